The highest BCUT2D eigenvalue weighted by molar-refractivity contribution is 6.05. The monoisotopic (exact) mass is 744 g/mol. The van der Waals surface area contributed by atoms with E-state index in [1.807, 2.05) is 72.8 Å². The number of aromatic nitrogens is 2. The summed E-state index contributed by atoms with van der Waals surface area (Å²) in [6.45, 7) is 0. The van der Waals surface area contributed by atoms with Crippen LogP contribution in [0.5, 0.6) is 23.0 Å². The molecule has 0 fully saturated rings. The molecule has 0 saturated heterocycles. The number of para-hydroxylation sites is 1. The maximum atomic E-state index is 6.92. The average Bonchev–Trinajstić information content (AvgIpc) is 3.82. The van der Waals surface area contributed by atoms with Crippen molar-refractivity contribution in [1.82, 2.24) is 9.97 Å². The zero-order valence-electron chi connectivity index (χ0n) is 31.1. The minimum Gasteiger partial charge on any atom is -0.456 e. The van der Waals surface area contributed by atoms with Gasteiger partial charge in [0.25, 0.3) is 0 Å². The van der Waals surface area contributed by atoms with E-state index in [9.17, 15) is 0 Å². The van der Waals surface area contributed by atoms with Crippen molar-refractivity contribution in [2.75, 3.05) is 0 Å². The standard InChI is InChI=1S/C53H32N2O3/c1-4-14-33(15-5-1)52-54-43(34-24-26-39-38-20-11-13-23-45(38)56-48(39)30-34)32-44(55-52)35-25-28-46-49(31-35)57-47-29-27-42-50(51(47)58-46)40-21-10-12-22-41(40)53(42,36-16-6-2-7-17-36)37-18-8-3-9-19-37/h1-32H. The molecule has 0 spiro atoms. The molecule has 0 saturated carbocycles. The summed E-state index contributed by atoms with van der Waals surface area (Å²) in [5.74, 6) is 3.29. The van der Waals surface area contributed by atoms with Gasteiger partial charge >= 0.3 is 0 Å². The van der Waals surface area contributed by atoms with E-state index < -0.39 is 5.41 Å². The van der Waals surface area contributed by atoms with Crippen LogP contribution in [0.1, 0.15) is 22.3 Å². The first kappa shape index (κ1) is 32.5. The Bertz CT molecular complexity index is 3190. The topological polar surface area (TPSA) is 57.4 Å². The molecule has 1 aliphatic carbocycles. The molecule has 5 heteroatoms. The maximum absolute atomic E-state index is 6.92. The van der Waals surface area contributed by atoms with Crippen molar-refractivity contribution in [3.8, 4) is 68.0 Å². The van der Waals surface area contributed by atoms with E-state index in [0.717, 1.165) is 72.5 Å². The SMILES string of the molecule is c1ccc(-c2nc(-c3ccc4c(c3)Oc3ccc5c(c3O4)-c3ccccc3C5(c3ccccc3)c3ccccc3)cc(-c3ccc4c(c3)oc3ccccc34)n2)cc1. The minimum absolute atomic E-state index is 0.535. The van der Waals surface area contributed by atoms with Gasteiger partial charge in [0, 0.05) is 33.0 Å². The number of hydrogen-bond donors (Lipinski definition) is 0. The van der Waals surface area contributed by atoms with Crippen molar-refractivity contribution in [2.45, 2.75) is 5.41 Å². The summed E-state index contributed by atoms with van der Waals surface area (Å²) in [7, 11) is 0. The summed E-state index contributed by atoms with van der Waals surface area (Å²) < 4.78 is 20.0. The van der Waals surface area contributed by atoms with E-state index in [4.69, 9.17) is 23.9 Å². The van der Waals surface area contributed by atoms with Crippen LogP contribution in [0.15, 0.2) is 199 Å². The lowest BCUT2D eigenvalue weighted by atomic mass is 9.68. The van der Waals surface area contributed by atoms with Crippen molar-refractivity contribution >= 4 is 21.9 Å². The largest absolute Gasteiger partial charge is 0.456 e. The highest BCUT2D eigenvalue weighted by Gasteiger charge is 2.48. The van der Waals surface area contributed by atoms with Gasteiger partial charge in [-0.25, -0.2) is 9.97 Å². The summed E-state index contributed by atoms with van der Waals surface area (Å²) in [4.78, 5) is 10.2. The average molecular weight is 745 g/mol. The highest BCUT2D eigenvalue weighted by atomic mass is 16.6. The molecule has 0 atom stereocenters. The Labute approximate surface area is 334 Å². The first-order valence-electron chi connectivity index (χ1n) is 19.5. The molecule has 0 amide bonds. The highest BCUT2D eigenvalue weighted by Crippen LogP contribution is 2.62. The van der Waals surface area contributed by atoms with Gasteiger partial charge < -0.3 is 13.9 Å². The fourth-order valence-corrected chi connectivity index (χ4v) is 9.07. The van der Waals surface area contributed by atoms with E-state index >= 15 is 0 Å². The smallest absolute Gasteiger partial charge is 0.178 e. The van der Waals surface area contributed by atoms with Crippen LogP contribution in [0.2, 0.25) is 0 Å². The van der Waals surface area contributed by atoms with Gasteiger partial charge in [0.1, 0.15) is 11.2 Å². The van der Waals surface area contributed by atoms with E-state index in [0.29, 0.717) is 23.1 Å². The van der Waals surface area contributed by atoms with Gasteiger partial charge in [0.05, 0.1) is 16.8 Å². The molecule has 10 aromatic rings. The second-order valence-electron chi connectivity index (χ2n) is 14.8. The molecule has 3 heterocycles. The van der Waals surface area contributed by atoms with Crippen molar-refractivity contribution in [3.63, 3.8) is 0 Å². The van der Waals surface area contributed by atoms with Gasteiger partial charge in [-0.2, -0.15) is 0 Å². The summed E-state index contributed by atoms with van der Waals surface area (Å²) >= 11 is 0. The second-order valence-corrected chi connectivity index (χ2v) is 14.8. The number of hydrogen-bond acceptors (Lipinski definition) is 5. The molecule has 0 N–H and O–H groups in total. The Morgan fingerprint density at radius 1 is 0.397 bits per heavy atom. The third-order valence-corrected chi connectivity index (χ3v) is 11.6. The Morgan fingerprint density at radius 3 is 1.79 bits per heavy atom. The molecule has 2 aromatic heterocycles. The van der Waals surface area contributed by atoms with Gasteiger partial charge in [-0.05, 0) is 76.3 Å². The van der Waals surface area contributed by atoms with Crippen molar-refractivity contribution < 1.29 is 13.9 Å². The third-order valence-electron chi connectivity index (χ3n) is 11.6. The number of fused-ring (bicyclic) bond motifs is 9. The molecule has 0 unspecified atom stereocenters. The Hall–Kier alpha value is -7.76. The first-order valence-corrected chi connectivity index (χ1v) is 19.5. The van der Waals surface area contributed by atoms with Crippen molar-refractivity contribution in [2.24, 2.45) is 0 Å². The van der Waals surface area contributed by atoms with E-state index in [2.05, 4.69) is 121 Å². The normalized spacial score (nSPS) is 13.2. The summed E-state index contributed by atoms with van der Waals surface area (Å²) in [6, 6.07) is 67.1. The minimum atomic E-state index is -0.535. The molecule has 5 nitrogen and oxygen atoms in total. The number of rotatable bonds is 5. The van der Waals surface area contributed by atoms with Gasteiger partial charge in [-0.15, -0.1) is 0 Å². The zero-order chi connectivity index (χ0) is 38.2. The second kappa shape index (κ2) is 12.6. The molecule has 8 aromatic carbocycles. The summed E-state index contributed by atoms with van der Waals surface area (Å²) in [6.07, 6.45) is 0. The predicted octanol–water partition coefficient (Wildman–Crippen LogP) is 13.6. The van der Waals surface area contributed by atoms with Crippen LogP contribution in [0, 0.1) is 0 Å². The zero-order valence-corrected chi connectivity index (χ0v) is 31.1. The van der Waals surface area contributed by atoms with Gasteiger partial charge in [-0.3, -0.25) is 0 Å². The Morgan fingerprint density at radius 2 is 1.02 bits per heavy atom. The summed E-state index contributed by atoms with van der Waals surface area (Å²) in [5, 5.41) is 2.17. The summed E-state index contributed by atoms with van der Waals surface area (Å²) in [5.41, 5.74) is 12.4. The predicted molar refractivity (Wildman–Crippen MR) is 230 cm³/mol. The lowest BCUT2D eigenvalue weighted by molar-refractivity contribution is 0.360. The number of ether oxygens (including phenoxy) is 2. The molecule has 12 rings (SSSR count). The van der Waals surface area contributed by atoms with Crippen LogP contribution in [0.25, 0.3) is 67.0 Å². The Kier molecular flexibility index (Phi) is 7.07. The molecule has 1 aliphatic heterocycles. The fourth-order valence-electron chi connectivity index (χ4n) is 9.07. The fraction of sp³-hybridized carbons (Fsp3) is 0.0189. The number of nitrogens with zero attached hydrogens (tertiary/aromatic N) is 2. The molecular formula is C53H32N2O3. The van der Waals surface area contributed by atoms with Crippen LogP contribution >= 0.6 is 0 Å². The molecular weight excluding hydrogens is 713 g/mol. The van der Waals surface area contributed by atoms with Crippen LogP contribution in [-0.2, 0) is 5.41 Å². The maximum Gasteiger partial charge on any atom is 0.178 e. The molecule has 2 aliphatic rings. The first-order chi connectivity index (χ1) is 28.7. The number of benzene rings is 8. The van der Waals surface area contributed by atoms with Crippen molar-refractivity contribution in [1.29, 1.82) is 0 Å². The molecule has 0 bridgehead atoms. The van der Waals surface area contributed by atoms with E-state index in [-0.39, 0.29) is 0 Å². The van der Waals surface area contributed by atoms with Crippen LogP contribution in [0.3, 0.4) is 0 Å². The molecule has 0 radical (unpaired) electrons. The van der Waals surface area contributed by atoms with Gasteiger partial charge in [-0.1, -0.05) is 146 Å². The van der Waals surface area contributed by atoms with E-state index in [1.54, 1.807) is 0 Å². The Balaban J connectivity index is 0.976. The lowest BCUT2D eigenvalue weighted by Gasteiger charge is -2.34. The third kappa shape index (κ3) is 4.83. The van der Waals surface area contributed by atoms with Crippen LogP contribution < -0.4 is 9.47 Å². The van der Waals surface area contributed by atoms with Gasteiger partial charge in [0.2, 0.25) is 0 Å². The van der Waals surface area contributed by atoms with Crippen LogP contribution in [-0.4, -0.2) is 9.97 Å². The molecule has 58 heavy (non-hydrogen) atoms. The van der Waals surface area contributed by atoms with E-state index in [1.165, 1.54) is 16.7 Å². The molecule has 272 valence electrons. The lowest BCUT2D eigenvalue weighted by Crippen LogP contribution is -2.28. The van der Waals surface area contributed by atoms with Gasteiger partial charge in [0.15, 0.2) is 28.8 Å². The van der Waals surface area contributed by atoms with Crippen molar-refractivity contribution in [3.05, 3.63) is 216 Å². The van der Waals surface area contributed by atoms with Crippen LogP contribution in [0.4, 0.5) is 0 Å². The quantitative estimate of drug-likeness (QED) is 0.176. The number of furan rings is 1.